The summed E-state index contributed by atoms with van der Waals surface area (Å²) in [6.45, 7) is 8.02. The zero-order valence-corrected chi connectivity index (χ0v) is 55.5. The summed E-state index contributed by atoms with van der Waals surface area (Å²) >= 11 is 0. The van der Waals surface area contributed by atoms with Crippen molar-refractivity contribution >= 4 is 153 Å². The summed E-state index contributed by atoms with van der Waals surface area (Å²) in [5.74, 6) is 0. The maximum atomic E-state index is 11.8. The molecule has 0 fully saturated rings. The molecule has 0 atom stereocenters. The standard InChI is InChI=1S/C96H67BN4/c1-58-46-50-83-77(54-58)71-36-20-22-44-81(71)98(83)85-52-48-79-94-89(85)73-38-18-16-32-67(73)65-30-12-14-34-69(65)75-42-24-40-63(60-26-8-6-9-27-60)92(75)100(94)87-56-62(96(3,4)5)57-88-91(87)97(79)80-49-53-86(99-82-45-23-21-37-72(82)78-55-59(2)47-51-84(78)99)90-74-39-19-17-33-68(74)66-31-13-15-35-70(66)76-43-25-41-64(61-28-10-7-11-29-61)93(76)101(88)95(80)90/h6-57H,1-5H3/i20D,21D,22D,23D,36D,37D,44D,45D,46D,47D,48D,49D,50D,51D,52D,53D,54D,55D. The van der Waals surface area contributed by atoms with Gasteiger partial charge in [0.25, 0.3) is 6.71 Å². The van der Waals surface area contributed by atoms with Crippen LogP contribution in [0, 0.1) is 13.8 Å². The third-order valence-electron chi connectivity index (χ3n) is 21.0. The van der Waals surface area contributed by atoms with E-state index in [4.69, 9.17) is 0 Å². The van der Waals surface area contributed by atoms with E-state index in [-0.39, 0.29) is 123 Å². The van der Waals surface area contributed by atoms with Gasteiger partial charge in [-0.05, 0) is 156 Å². The van der Waals surface area contributed by atoms with Crippen LogP contribution in [-0.4, -0.2) is 25.0 Å². The molecule has 6 heterocycles. The van der Waals surface area contributed by atoms with Crippen LogP contribution in [0.5, 0.6) is 0 Å². The molecule has 19 aromatic rings. The van der Waals surface area contributed by atoms with E-state index in [0.717, 1.165) is 60.1 Å². The monoisotopic (exact) mass is 1300 g/mol. The Kier molecular flexibility index (Phi) is 9.04. The fourth-order valence-corrected chi connectivity index (χ4v) is 16.7. The van der Waals surface area contributed by atoms with Crippen molar-refractivity contribution in [3.63, 3.8) is 0 Å². The first-order valence-electron chi connectivity index (χ1n) is 43.1. The molecule has 2 aliphatic rings. The second-order valence-corrected chi connectivity index (χ2v) is 27.6. The first kappa shape index (κ1) is 42.4. The Labute approximate surface area is 610 Å². The molecule has 101 heavy (non-hydrogen) atoms. The normalized spacial score (nSPS) is 15.1. The van der Waals surface area contributed by atoms with E-state index in [1.165, 1.54) is 23.0 Å². The Morgan fingerprint density at radius 1 is 0.297 bits per heavy atom. The molecule has 21 rings (SSSR count). The lowest BCUT2D eigenvalue weighted by Crippen LogP contribution is -2.60. The maximum Gasteiger partial charge on any atom is 0.252 e. The van der Waals surface area contributed by atoms with Crippen molar-refractivity contribution in [1.29, 1.82) is 0 Å². The van der Waals surface area contributed by atoms with Crippen molar-refractivity contribution in [1.82, 2.24) is 18.3 Å². The van der Waals surface area contributed by atoms with Gasteiger partial charge in [0.2, 0.25) is 0 Å². The molecule has 4 nitrogen and oxygen atoms in total. The Morgan fingerprint density at radius 2 is 0.653 bits per heavy atom. The van der Waals surface area contributed by atoms with Crippen LogP contribution in [0.4, 0.5) is 0 Å². The van der Waals surface area contributed by atoms with Crippen molar-refractivity contribution in [2.45, 2.75) is 40.0 Å². The van der Waals surface area contributed by atoms with Crippen molar-refractivity contribution in [3.8, 4) is 45.0 Å². The van der Waals surface area contributed by atoms with Gasteiger partial charge in [-0.15, -0.1) is 0 Å². The van der Waals surface area contributed by atoms with Crippen molar-refractivity contribution in [2.24, 2.45) is 0 Å². The van der Waals surface area contributed by atoms with Gasteiger partial charge >= 0.3 is 0 Å². The van der Waals surface area contributed by atoms with Gasteiger partial charge in [0, 0.05) is 65.6 Å². The number of aromatic nitrogens is 4. The number of hydrogen-bond acceptors (Lipinski definition) is 0. The highest BCUT2D eigenvalue weighted by Gasteiger charge is 2.42. The van der Waals surface area contributed by atoms with Crippen LogP contribution in [0.1, 0.15) is 62.1 Å². The van der Waals surface area contributed by atoms with Gasteiger partial charge in [0.05, 0.1) is 80.2 Å². The van der Waals surface area contributed by atoms with Crippen LogP contribution in [0.2, 0.25) is 0 Å². The van der Waals surface area contributed by atoms with E-state index in [1.54, 1.807) is 0 Å². The van der Waals surface area contributed by atoms with Gasteiger partial charge < -0.3 is 18.3 Å². The lowest BCUT2D eigenvalue weighted by atomic mass is 9.34. The molecule has 2 aliphatic heterocycles. The van der Waals surface area contributed by atoms with E-state index in [9.17, 15) is 24.7 Å². The average molecular weight is 1310 g/mol. The van der Waals surface area contributed by atoms with Crippen LogP contribution in [0.3, 0.4) is 0 Å². The van der Waals surface area contributed by atoms with Crippen LogP contribution >= 0.6 is 0 Å². The summed E-state index contributed by atoms with van der Waals surface area (Å²) in [7, 11) is 0. The largest absolute Gasteiger partial charge is 0.309 e. The molecule has 4 aromatic heterocycles. The number of fused-ring (bicyclic) bond motifs is 24. The predicted molar refractivity (Wildman–Crippen MR) is 433 cm³/mol. The highest BCUT2D eigenvalue weighted by atomic mass is 15.1. The van der Waals surface area contributed by atoms with E-state index in [0.29, 0.717) is 49.4 Å². The average Bonchev–Trinajstić information content (AvgIpc) is 1.57. The molecule has 0 spiro atoms. The molecule has 474 valence electrons. The van der Waals surface area contributed by atoms with Gasteiger partial charge in [-0.1, -0.05) is 286 Å². The van der Waals surface area contributed by atoms with E-state index < -0.39 is 96.7 Å². The second kappa shape index (κ2) is 21.5. The van der Waals surface area contributed by atoms with Crippen molar-refractivity contribution in [2.75, 3.05) is 0 Å². The number of benzene rings is 15. The van der Waals surface area contributed by atoms with Gasteiger partial charge in [0.15, 0.2) is 0 Å². The summed E-state index contributed by atoms with van der Waals surface area (Å²) in [5.41, 5.74) is 5.78. The molecule has 0 saturated carbocycles. The minimum Gasteiger partial charge on any atom is -0.309 e. The highest BCUT2D eigenvalue weighted by Crippen LogP contribution is 2.48. The van der Waals surface area contributed by atoms with Crippen molar-refractivity contribution < 1.29 is 24.7 Å². The number of rotatable bonds is 4. The predicted octanol–water partition coefficient (Wildman–Crippen LogP) is 23.3. The first-order chi connectivity index (χ1) is 57.2. The zero-order chi connectivity index (χ0) is 82.8. The molecule has 0 radical (unpaired) electrons. The summed E-state index contributed by atoms with van der Waals surface area (Å²) in [4.78, 5) is 0. The number of nitrogens with zero attached hydrogens (tertiary/aromatic N) is 4. The zero-order valence-electron chi connectivity index (χ0n) is 73.5. The van der Waals surface area contributed by atoms with Crippen LogP contribution in [-0.2, 0) is 5.41 Å². The van der Waals surface area contributed by atoms with Gasteiger partial charge in [-0.3, -0.25) is 0 Å². The lowest BCUT2D eigenvalue weighted by molar-refractivity contribution is 0.589. The summed E-state index contributed by atoms with van der Waals surface area (Å²) in [6.07, 6.45) is 0. The van der Waals surface area contributed by atoms with E-state index in [1.807, 2.05) is 158 Å². The lowest BCUT2D eigenvalue weighted by Gasteiger charge is -2.38. The highest BCUT2D eigenvalue weighted by molar-refractivity contribution is 7.00. The third kappa shape index (κ3) is 8.20. The molecule has 0 bridgehead atoms. The van der Waals surface area contributed by atoms with Crippen LogP contribution in [0.15, 0.2) is 315 Å². The smallest absolute Gasteiger partial charge is 0.252 e. The SMILES string of the molecule is [2H]c1c([2H])c2c3c(c1-n1c4c([2H])c([2H])c([2H])c([2H])c4c4c([2H])c(C)c([2H])c([2H])c41)c1ccccc1c1ccccc1c1cccc(-c4ccccc4)c1n3-c1cc(C(C)(C)C)cc3c1B2c1c([2H])c([2H])c(-n2c4c([2H])c([2H])c([2H])c([2H])c4c4c([2H])c(C)c([2H])c([2H])c42)c2c4ccccc4c4ccccc4c4cccc(-c5ccccc5)c4n-3c12. The molecule has 0 saturated heterocycles. The summed E-state index contributed by atoms with van der Waals surface area (Å²) in [6, 6.07) is 59.2. The molecular formula is C96H67BN4. The Balaban J connectivity index is 1.15. The summed E-state index contributed by atoms with van der Waals surface area (Å²) < 4.78 is 192. The number of para-hydroxylation sites is 4. The quantitative estimate of drug-likeness (QED) is 0.157. The first-order valence-corrected chi connectivity index (χ1v) is 34.1. The fraction of sp³-hybridized carbons (Fsp3) is 0.0625. The Bertz CT molecular complexity index is 7540. The van der Waals surface area contributed by atoms with E-state index >= 15 is 0 Å². The minimum atomic E-state index is -1.42. The Morgan fingerprint density at radius 3 is 1.07 bits per heavy atom. The van der Waals surface area contributed by atoms with Crippen molar-refractivity contribution in [3.05, 3.63) is 332 Å². The molecule has 0 unspecified atom stereocenters. The van der Waals surface area contributed by atoms with E-state index in [2.05, 4.69) is 78.4 Å². The fourth-order valence-electron chi connectivity index (χ4n) is 16.7. The molecule has 5 heteroatoms. The van der Waals surface area contributed by atoms with Crippen LogP contribution < -0.4 is 16.4 Å². The third-order valence-corrected chi connectivity index (χ3v) is 21.0. The second-order valence-electron chi connectivity index (χ2n) is 27.6. The molecule has 0 aliphatic carbocycles. The minimum absolute atomic E-state index is 0.0628. The molecule has 15 aromatic carbocycles. The Hall–Kier alpha value is -12.4. The van der Waals surface area contributed by atoms with Gasteiger partial charge in [-0.2, -0.15) is 0 Å². The maximum absolute atomic E-state index is 11.8. The van der Waals surface area contributed by atoms with Gasteiger partial charge in [0.1, 0.15) is 0 Å². The summed E-state index contributed by atoms with van der Waals surface area (Å²) in [5, 5.41) is 6.71. The molecular weight excluding hydrogens is 1220 g/mol. The van der Waals surface area contributed by atoms with Gasteiger partial charge in [-0.25, -0.2) is 0 Å². The van der Waals surface area contributed by atoms with Crippen LogP contribution in [0.25, 0.3) is 175 Å². The number of hydrogen-bond donors (Lipinski definition) is 0. The molecule has 0 amide bonds. The molecule has 0 N–H and O–H groups in total. The topological polar surface area (TPSA) is 19.7 Å².